The summed E-state index contributed by atoms with van der Waals surface area (Å²) in [6, 6.07) is 2.34. The maximum atomic E-state index is 5.91. The number of rotatable bonds is 3. The molecule has 1 aliphatic heterocycles. The number of aromatic nitrogens is 2. The van der Waals surface area contributed by atoms with Crippen LogP contribution in [0.25, 0.3) is 0 Å². The summed E-state index contributed by atoms with van der Waals surface area (Å²) in [4.78, 5) is 2.43. The van der Waals surface area contributed by atoms with Gasteiger partial charge in [0.05, 0.1) is 6.54 Å². The van der Waals surface area contributed by atoms with E-state index in [0.717, 1.165) is 19.6 Å². The molecule has 2 rings (SSSR count). The van der Waals surface area contributed by atoms with Gasteiger partial charge < -0.3 is 5.73 Å². The summed E-state index contributed by atoms with van der Waals surface area (Å²) in [6.07, 6.45) is 6.24. The highest BCUT2D eigenvalue weighted by molar-refractivity contribution is 4.79. The number of likely N-dealkylation sites (tertiary alicyclic amines) is 1. The first-order valence-electron chi connectivity index (χ1n) is 5.30. The van der Waals surface area contributed by atoms with Crippen LogP contribution in [-0.2, 0) is 6.54 Å². The van der Waals surface area contributed by atoms with E-state index in [9.17, 15) is 0 Å². The predicted molar refractivity (Wildman–Crippen MR) is 55.9 cm³/mol. The Hall–Kier alpha value is -0.870. The lowest BCUT2D eigenvalue weighted by Gasteiger charge is -2.30. The third-order valence-corrected chi connectivity index (χ3v) is 2.75. The molecule has 1 aliphatic rings. The van der Waals surface area contributed by atoms with E-state index in [2.05, 4.69) is 10.00 Å². The van der Waals surface area contributed by atoms with Crippen molar-refractivity contribution in [2.24, 2.45) is 5.73 Å². The largest absolute Gasteiger partial charge is 0.327 e. The molecule has 0 aromatic carbocycles. The highest BCUT2D eigenvalue weighted by Crippen LogP contribution is 2.07. The summed E-state index contributed by atoms with van der Waals surface area (Å²) in [5.41, 5.74) is 5.91. The number of hydrogen-bond donors (Lipinski definition) is 1. The highest BCUT2D eigenvalue weighted by Gasteiger charge is 2.15. The van der Waals surface area contributed by atoms with Gasteiger partial charge in [0.15, 0.2) is 0 Å². The highest BCUT2D eigenvalue weighted by atomic mass is 15.3. The van der Waals surface area contributed by atoms with Crippen LogP contribution in [0, 0.1) is 0 Å². The summed E-state index contributed by atoms with van der Waals surface area (Å²) in [5, 5.41) is 4.18. The first kappa shape index (κ1) is 9.68. The van der Waals surface area contributed by atoms with Crippen molar-refractivity contribution in [2.45, 2.75) is 25.4 Å². The second kappa shape index (κ2) is 4.57. The molecule has 4 nitrogen and oxygen atoms in total. The van der Waals surface area contributed by atoms with E-state index in [-0.39, 0.29) is 0 Å². The fraction of sp³-hybridized carbons (Fsp3) is 0.700. The van der Waals surface area contributed by atoms with Gasteiger partial charge >= 0.3 is 0 Å². The van der Waals surface area contributed by atoms with Gasteiger partial charge in [0.25, 0.3) is 0 Å². The van der Waals surface area contributed by atoms with Crippen LogP contribution in [0.2, 0.25) is 0 Å². The van der Waals surface area contributed by atoms with Crippen LogP contribution in [-0.4, -0.2) is 40.4 Å². The molecule has 0 amide bonds. The fourth-order valence-corrected chi connectivity index (χ4v) is 1.97. The van der Waals surface area contributed by atoms with E-state index in [1.54, 1.807) is 0 Å². The molecule has 0 bridgehead atoms. The Morgan fingerprint density at radius 1 is 1.43 bits per heavy atom. The van der Waals surface area contributed by atoms with E-state index >= 15 is 0 Å². The molecule has 1 saturated heterocycles. The van der Waals surface area contributed by atoms with Gasteiger partial charge in [0.1, 0.15) is 0 Å². The molecule has 4 heteroatoms. The first-order chi connectivity index (χ1) is 6.84. The molecule has 0 aliphatic carbocycles. The number of piperidine rings is 1. The third-order valence-electron chi connectivity index (χ3n) is 2.75. The number of nitrogens with two attached hydrogens (primary N) is 1. The lowest BCUT2D eigenvalue weighted by atomic mass is 10.1. The molecular formula is C10H18N4. The third kappa shape index (κ3) is 2.56. The van der Waals surface area contributed by atoms with Crippen LogP contribution in [0.1, 0.15) is 12.8 Å². The summed E-state index contributed by atoms with van der Waals surface area (Å²) in [6.45, 7) is 4.27. The molecule has 1 aromatic rings. The van der Waals surface area contributed by atoms with Gasteiger partial charge in [-0.2, -0.15) is 5.10 Å². The smallest absolute Gasteiger partial charge is 0.0536 e. The zero-order valence-corrected chi connectivity index (χ0v) is 8.47. The van der Waals surface area contributed by atoms with E-state index in [1.165, 1.54) is 19.4 Å². The Bertz CT molecular complexity index is 257. The van der Waals surface area contributed by atoms with E-state index in [1.807, 2.05) is 23.1 Å². The Balaban J connectivity index is 1.75. The summed E-state index contributed by atoms with van der Waals surface area (Å²) in [5.74, 6) is 0. The van der Waals surface area contributed by atoms with Gasteiger partial charge in [-0.3, -0.25) is 9.58 Å². The SMILES string of the molecule is N[C@@H]1CCCN(CCn2cccn2)C1. The number of hydrogen-bond acceptors (Lipinski definition) is 3. The minimum atomic E-state index is 0.376. The zero-order valence-electron chi connectivity index (χ0n) is 8.47. The van der Waals surface area contributed by atoms with Crippen LogP contribution in [0.15, 0.2) is 18.5 Å². The van der Waals surface area contributed by atoms with Gasteiger partial charge in [-0.15, -0.1) is 0 Å². The number of nitrogens with zero attached hydrogens (tertiary/aromatic N) is 3. The van der Waals surface area contributed by atoms with Gasteiger partial charge in [-0.25, -0.2) is 0 Å². The standard InChI is InChI=1S/C10H18N4/c11-10-3-1-5-13(9-10)7-8-14-6-2-4-12-14/h2,4,6,10H,1,3,5,7-9,11H2/t10-/m1/s1. The molecule has 2 heterocycles. The molecule has 0 unspecified atom stereocenters. The lowest BCUT2D eigenvalue weighted by Crippen LogP contribution is -2.43. The van der Waals surface area contributed by atoms with Gasteiger partial charge in [0, 0.05) is 31.5 Å². The van der Waals surface area contributed by atoms with Gasteiger partial charge in [-0.1, -0.05) is 0 Å². The van der Waals surface area contributed by atoms with Crippen LogP contribution in [0.3, 0.4) is 0 Å². The second-order valence-corrected chi connectivity index (χ2v) is 3.97. The molecule has 0 radical (unpaired) electrons. The maximum Gasteiger partial charge on any atom is 0.0536 e. The molecule has 2 N–H and O–H groups in total. The van der Waals surface area contributed by atoms with Crippen LogP contribution in [0.5, 0.6) is 0 Å². The quantitative estimate of drug-likeness (QED) is 0.753. The maximum absolute atomic E-state index is 5.91. The molecule has 1 atom stereocenters. The Morgan fingerprint density at radius 3 is 3.07 bits per heavy atom. The van der Waals surface area contributed by atoms with Gasteiger partial charge in [-0.05, 0) is 25.5 Å². The molecule has 0 saturated carbocycles. The van der Waals surface area contributed by atoms with Crippen molar-refractivity contribution in [3.63, 3.8) is 0 Å². The molecule has 78 valence electrons. The molecule has 1 fully saturated rings. The Morgan fingerprint density at radius 2 is 2.36 bits per heavy atom. The lowest BCUT2D eigenvalue weighted by molar-refractivity contribution is 0.200. The van der Waals surface area contributed by atoms with Crippen molar-refractivity contribution in [1.29, 1.82) is 0 Å². The van der Waals surface area contributed by atoms with E-state index in [4.69, 9.17) is 5.73 Å². The first-order valence-corrected chi connectivity index (χ1v) is 5.30. The summed E-state index contributed by atoms with van der Waals surface area (Å²) < 4.78 is 1.97. The molecule has 14 heavy (non-hydrogen) atoms. The minimum Gasteiger partial charge on any atom is -0.327 e. The Labute approximate surface area is 84.7 Å². The fourth-order valence-electron chi connectivity index (χ4n) is 1.97. The van der Waals surface area contributed by atoms with Crippen molar-refractivity contribution in [3.8, 4) is 0 Å². The molecule has 0 spiro atoms. The van der Waals surface area contributed by atoms with Crippen molar-refractivity contribution < 1.29 is 0 Å². The second-order valence-electron chi connectivity index (χ2n) is 3.97. The summed E-state index contributed by atoms with van der Waals surface area (Å²) >= 11 is 0. The summed E-state index contributed by atoms with van der Waals surface area (Å²) in [7, 11) is 0. The van der Waals surface area contributed by atoms with E-state index < -0.39 is 0 Å². The monoisotopic (exact) mass is 194 g/mol. The molecular weight excluding hydrogens is 176 g/mol. The van der Waals surface area contributed by atoms with Crippen LogP contribution < -0.4 is 5.73 Å². The van der Waals surface area contributed by atoms with Crippen molar-refractivity contribution in [3.05, 3.63) is 18.5 Å². The molecule has 1 aromatic heterocycles. The van der Waals surface area contributed by atoms with Gasteiger partial charge in [0.2, 0.25) is 0 Å². The Kier molecular flexibility index (Phi) is 3.16. The van der Waals surface area contributed by atoms with E-state index in [0.29, 0.717) is 6.04 Å². The van der Waals surface area contributed by atoms with Crippen LogP contribution in [0.4, 0.5) is 0 Å². The normalized spacial score (nSPS) is 23.9. The van der Waals surface area contributed by atoms with Crippen molar-refractivity contribution >= 4 is 0 Å². The average Bonchev–Trinajstić information content (AvgIpc) is 2.67. The average molecular weight is 194 g/mol. The van der Waals surface area contributed by atoms with Crippen LogP contribution >= 0.6 is 0 Å². The topological polar surface area (TPSA) is 47.1 Å². The van der Waals surface area contributed by atoms with Crippen molar-refractivity contribution in [2.75, 3.05) is 19.6 Å². The zero-order chi connectivity index (χ0) is 9.80. The van der Waals surface area contributed by atoms with Crippen molar-refractivity contribution in [1.82, 2.24) is 14.7 Å². The minimum absolute atomic E-state index is 0.376. The predicted octanol–water partition coefficient (Wildman–Crippen LogP) is 0.306.